The van der Waals surface area contributed by atoms with Gasteiger partial charge in [0.25, 0.3) is 5.91 Å². The summed E-state index contributed by atoms with van der Waals surface area (Å²) in [5, 5.41) is 2.99. The minimum absolute atomic E-state index is 0.121. The Morgan fingerprint density at radius 1 is 1.33 bits per heavy atom. The number of amides is 1. The van der Waals surface area contributed by atoms with Gasteiger partial charge in [-0.25, -0.2) is 4.98 Å². The van der Waals surface area contributed by atoms with E-state index in [4.69, 9.17) is 17.3 Å². The van der Waals surface area contributed by atoms with Crippen LogP contribution in [-0.4, -0.2) is 10.9 Å². The van der Waals surface area contributed by atoms with Crippen molar-refractivity contribution in [3.63, 3.8) is 0 Å². The van der Waals surface area contributed by atoms with Gasteiger partial charge < -0.3 is 11.1 Å². The molecule has 4 nitrogen and oxygen atoms in total. The standard InChI is InChI=1S/C12H9ClIN3O/c13-9-4-5-10(15)17-11(9)12(18)16-8-3-1-2-7(14)6-8/h1-6H,(H2,15,17)(H,16,18). The highest BCUT2D eigenvalue weighted by atomic mass is 127. The molecule has 0 saturated carbocycles. The Hall–Kier alpha value is -1.34. The van der Waals surface area contributed by atoms with Crippen LogP contribution in [0.4, 0.5) is 11.5 Å². The van der Waals surface area contributed by atoms with E-state index in [0.29, 0.717) is 5.69 Å². The van der Waals surface area contributed by atoms with Crippen molar-refractivity contribution >= 4 is 51.6 Å². The highest BCUT2D eigenvalue weighted by Crippen LogP contribution is 2.18. The van der Waals surface area contributed by atoms with Gasteiger partial charge in [0.05, 0.1) is 5.02 Å². The number of nitrogen functional groups attached to an aromatic ring is 1. The lowest BCUT2D eigenvalue weighted by Gasteiger charge is -2.06. The summed E-state index contributed by atoms with van der Waals surface area (Å²) in [6, 6.07) is 10.5. The molecular formula is C12H9ClIN3O. The van der Waals surface area contributed by atoms with Crippen LogP contribution in [0.3, 0.4) is 0 Å². The number of pyridine rings is 1. The number of hydrogen-bond acceptors (Lipinski definition) is 3. The Bertz CT molecular complexity index is 604. The second kappa shape index (κ2) is 5.53. The van der Waals surface area contributed by atoms with Crippen LogP contribution in [0.1, 0.15) is 10.5 Å². The lowest BCUT2D eigenvalue weighted by atomic mass is 10.3. The number of halogens is 2. The van der Waals surface area contributed by atoms with Crippen molar-refractivity contribution in [2.24, 2.45) is 0 Å². The van der Waals surface area contributed by atoms with Crippen molar-refractivity contribution in [1.29, 1.82) is 0 Å². The molecule has 0 aliphatic carbocycles. The van der Waals surface area contributed by atoms with Gasteiger partial charge in [0.1, 0.15) is 11.5 Å². The summed E-state index contributed by atoms with van der Waals surface area (Å²) in [6.07, 6.45) is 0. The third-order valence-corrected chi connectivity index (χ3v) is 3.14. The van der Waals surface area contributed by atoms with Gasteiger partial charge in [0, 0.05) is 9.26 Å². The molecule has 0 radical (unpaired) electrons. The molecule has 18 heavy (non-hydrogen) atoms. The normalized spacial score (nSPS) is 10.1. The van der Waals surface area contributed by atoms with Gasteiger partial charge in [0.2, 0.25) is 0 Å². The predicted octanol–water partition coefficient (Wildman–Crippen LogP) is 3.17. The van der Waals surface area contributed by atoms with Crippen LogP contribution in [0, 0.1) is 3.57 Å². The number of aromatic nitrogens is 1. The van der Waals surface area contributed by atoms with Crippen molar-refractivity contribution in [3.8, 4) is 0 Å². The largest absolute Gasteiger partial charge is 0.384 e. The Kier molecular flexibility index (Phi) is 4.03. The van der Waals surface area contributed by atoms with Gasteiger partial charge in [-0.2, -0.15) is 0 Å². The van der Waals surface area contributed by atoms with E-state index in [1.165, 1.54) is 0 Å². The Morgan fingerprint density at radius 3 is 2.83 bits per heavy atom. The molecule has 0 unspecified atom stereocenters. The summed E-state index contributed by atoms with van der Waals surface area (Å²) < 4.78 is 1.03. The summed E-state index contributed by atoms with van der Waals surface area (Å²) in [5.74, 6) is -0.124. The molecule has 0 bridgehead atoms. The number of hydrogen-bond donors (Lipinski definition) is 2. The molecule has 6 heteroatoms. The number of carbonyl (C=O) groups excluding carboxylic acids is 1. The van der Waals surface area contributed by atoms with Crippen LogP contribution >= 0.6 is 34.2 Å². The first-order valence-corrected chi connectivity index (χ1v) is 6.51. The molecule has 92 valence electrons. The minimum Gasteiger partial charge on any atom is -0.384 e. The minimum atomic E-state index is -0.380. The maximum absolute atomic E-state index is 12.0. The third-order valence-electron chi connectivity index (χ3n) is 2.17. The smallest absolute Gasteiger partial charge is 0.275 e. The molecular weight excluding hydrogens is 365 g/mol. The third kappa shape index (κ3) is 3.11. The average molecular weight is 374 g/mol. The average Bonchev–Trinajstić information content (AvgIpc) is 2.32. The summed E-state index contributed by atoms with van der Waals surface area (Å²) in [5.41, 5.74) is 6.34. The van der Waals surface area contributed by atoms with Crippen molar-refractivity contribution in [2.75, 3.05) is 11.1 Å². The van der Waals surface area contributed by atoms with Crippen molar-refractivity contribution < 1.29 is 4.79 Å². The van der Waals surface area contributed by atoms with Crippen molar-refractivity contribution in [3.05, 3.63) is 50.7 Å². The van der Waals surface area contributed by atoms with E-state index in [0.717, 1.165) is 3.57 Å². The maximum atomic E-state index is 12.0. The SMILES string of the molecule is Nc1ccc(Cl)c(C(=O)Nc2cccc(I)c2)n1. The maximum Gasteiger partial charge on any atom is 0.275 e. The number of anilines is 2. The molecule has 1 aromatic heterocycles. The van der Waals surface area contributed by atoms with Crippen LogP contribution in [-0.2, 0) is 0 Å². The molecule has 0 atom stereocenters. The van der Waals surface area contributed by atoms with E-state index in [1.54, 1.807) is 18.2 Å². The van der Waals surface area contributed by atoms with E-state index in [1.807, 2.05) is 18.2 Å². The summed E-state index contributed by atoms with van der Waals surface area (Å²) >= 11 is 8.07. The van der Waals surface area contributed by atoms with Gasteiger partial charge in [-0.3, -0.25) is 4.79 Å². The van der Waals surface area contributed by atoms with E-state index in [2.05, 4.69) is 32.9 Å². The molecule has 2 rings (SSSR count). The van der Waals surface area contributed by atoms with Gasteiger partial charge in [-0.1, -0.05) is 17.7 Å². The van der Waals surface area contributed by atoms with E-state index >= 15 is 0 Å². The van der Waals surface area contributed by atoms with E-state index in [9.17, 15) is 4.79 Å². The van der Waals surface area contributed by atoms with Gasteiger partial charge >= 0.3 is 0 Å². The molecule has 1 aromatic carbocycles. The molecule has 0 fully saturated rings. The number of nitrogens with zero attached hydrogens (tertiary/aromatic N) is 1. The number of benzene rings is 1. The summed E-state index contributed by atoms with van der Waals surface area (Å²) in [4.78, 5) is 15.9. The zero-order valence-corrected chi connectivity index (χ0v) is 12.1. The van der Waals surface area contributed by atoms with Gasteiger partial charge in [0.15, 0.2) is 0 Å². The molecule has 0 spiro atoms. The topological polar surface area (TPSA) is 68.0 Å². The monoisotopic (exact) mass is 373 g/mol. The summed E-state index contributed by atoms with van der Waals surface area (Å²) in [6.45, 7) is 0. The van der Waals surface area contributed by atoms with E-state index in [-0.39, 0.29) is 22.4 Å². The van der Waals surface area contributed by atoms with Crippen LogP contribution in [0.15, 0.2) is 36.4 Å². The fraction of sp³-hybridized carbons (Fsp3) is 0. The summed E-state index contributed by atoms with van der Waals surface area (Å²) in [7, 11) is 0. The number of carbonyl (C=O) groups is 1. The first-order chi connectivity index (χ1) is 8.56. The number of nitrogens with two attached hydrogens (primary N) is 1. The fourth-order valence-electron chi connectivity index (χ4n) is 1.37. The van der Waals surface area contributed by atoms with Gasteiger partial charge in [-0.15, -0.1) is 0 Å². The second-order valence-corrected chi connectivity index (χ2v) is 5.18. The number of rotatable bonds is 2. The van der Waals surface area contributed by atoms with E-state index < -0.39 is 0 Å². The molecule has 1 heterocycles. The zero-order chi connectivity index (χ0) is 13.1. The highest BCUT2D eigenvalue weighted by molar-refractivity contribution is 14.1. The Balaban J connectivity index is 2.24. The highest BCUT2D eigenvalue weighted by Gasteiger charge is 2.12. The Labute approximate surface area is 123 Å². The van der Waals surface area contributed by atoms with Crippen molar-refractivity contribution in [2.45, 2.75) is 0 Å². The lowest BCUT2D eigenvalue weighted by molar-refractivity contribution is 0.102. The van der Waals surface area contributed by atoms with Crippen LogP contribution in [0.25, 0.3) is 0 Å². The first-order valence-electron chi connectivity index (χ1n) is 5.05. The molecule has 2 aromatic rings. The van der Waals surface area contributed by atoms with Crippen LogP contribution in [0.5, 0.6) is 0 Å². The molecule has 1 amide bonds. The predicted molar refractivity (Wildman–Crippen MR) is 80.8 cm³/mol. The Morgan fingerprint density at radius 2 is 2.11 bits per heavy atom. The fourth-order valence-corrected chi connectivity index (χ4v) is 2.11. The molecule has 0 aliphatic rings. The second-order valence-electron chi connectivity index (χ2n) is 3.53. The zero-order valence-electron chi connectivity index (χ0n) is 9.15. The quantitative estimate of drug-likeness (QED) is 0.795. The van der Waals surface area contributed by atoms with Crippen LogP contribution < -0.4 is 11.1 Å². The molecule has 0 saturated heterocycles. The van der Waals surface area contributed by atoms with Crippen molar-refractivity contribution in [1.82, 2.24) is 4.98 Å². The first kappa shape index (κ1) is 13.1. The molecule has 0 aliphatic heterocycles. The number of nitrogens with one attached hydrogen (secondary N) is 1. The lowest BCUT2D eigenvalue weighted by Crippen LogP contribution is -2.15. The van der Waals surface area contributed by atoms with Crippen LogP contribution in [0.2, 0.25) is 5.02 Å². The molecule has 3 N–H and O–H groups in total. The van der Waals surface area contributed by atoms with Gasteiger partial charge in [-0.05, 0) is 52.9 Å².